The van der Waals surface area contributed by atoms with Gasteiger partial charge in [0.1, 0.15) is 5.82 Å². The fourth-order valence-corrected chi connectivity index (χ4v) is 1.33. The number of rotatable bonds is 4. The summed E-state index contributed by atoms with van der Waals surface area (Å²) in [5.74, 6) is -1.14. The summed E-state index contributed by atoms with van der Waals surface area (Å²) in [6.45, 7) is 5.19. The second-order valence-electron chi connectivity index (χ2n) is 4.49. The van der Waals surface area contributed by atoms with E-state index < -0.39 is 21.9 Å². The van der Waals surface area contributed by atoms with Crippen molar-refractivity contribution in [2.75, 3.05) is 0 Å². The van der Waals surface area contributed by atoms with Gasteiger partial charge in [0.25, 0.3) is 5.69 Å². The Balaban J connectivity index is 3.26. The SMILES string of the molecule is CCC(C)(C)C(=O)c1cc([N+](=O)[O-])ccc1F. The largest absolute Gasteiger partial charge is 0.293 e. The van der Waals surface area contributed by atoms with Gasteiger partial charge in [0.15, 0.2) is 5.78 Å². The molecular weight excluding hydrogens is 225 g/mol. The predicted octanol–water partition coefficient (Wildman–Crippen LogP) is 3.35. The Morgan fingerprint density at radius 2 is 2.06 bits per heavy atom. The Hall–Kier alpha value is -1.78. The van der Waals surface area contributed by atoms with E-state index in [2.05, 4.69) is 0 Å². The van der Waals surface area contributed by atoms with E-state index in [1.165, 1.54) is 0 Å². The van der Waals surface area contributed by atoms with Crippen molar-refractivity contribution in [2.45, 2.75) is 27.2 Å². The third kappa shape index (κ3) is 2.67. The highest BCUT2D eigenvalue weighted by Crippen LogP contribution is 2.28. The smallest absolute Gasteiger partial charge is 0.270 e. The molecule has 4 nitrogen and oxygen atoms in total. The molecule has 0 radical (unpaired) electrons. The molecule has 0 amide bonds. The number of nitro groups is 1. The highest BCUT2D eigenvalue weighted by Gasteiger charge is 2.29. The Labute approximate surface area is 98.6 Å². The van der Waals surface area contributed by atoms with Crippen molar-refractivity contribution in [1.29, 1.82) is 0 Å². The van der Waals surface area contributed by atoms with E-state index in [0.29, 0.717) is 6.42 Å². The summed E-state index contributed by atoms with van der Waals surface area (Å²) in [7, 11) is 0. The minimum Gasteiger partial charge on any atom is -0.293 e. The van der Waals surface area contributed by atoms with Gasteiger partial charge in [0.2, 0.25) is 0 Å². The van der Waals surface area contributed by atoms with Crippen LogP contribution in [0.25, 0.3) is 0 Å². The van der Waals surface area contributed by atoms with Crippen molar-refractivity contribution in [3.05, 3.63) is 39.7 Å². The fraction of sp³-hybridized carbons (Fsp3) is 0.417. The number of carbonyl (C=O) groups is 1. The van der Waals surface area contributed by atoms with Gasteiger partial charge in [-0.3, -0.25) is 14.9 Å². The van der Waals surface area contributed by atoms with Crippen LogP contribution in [0.4, 0.5) is 10.1 Å². The van der Waals surface area contributed by atoms with Crippen LogP contribution in [0.5, 0.6) is 0 Å². The topological polar surface area (TPSA) is 60.2 Å². The van der Waals surface area contributed by atoms with Gasteiger partial charge in [-0.25, -0.2) is 4.39 Å². The first-order valence-corrected chi connectivity index (χ1v) is 5.28. The predicted molar refractivity (Wildman–Crippen MR) is 61.5 cm³/mol. The molecule has 1 rings (SSSR count). The number of nitrogens with zero attached hydrogens (tertiary/aromatic N) is 1. The summed E-state index contributed by atoms with van der Waals surface area (Å²) in [4.78, 5) is 22.0. The number of nitro benzene ring substituents is 1. The third-order valence-electron chi connectivity index (χ3n) is 2.90. The lowest BCUT2D eigenvalue weighted by atomic mass is 9.82. The molecule has 92 valence electrons. The molecule has 0 saturated heterocycles. The highest BCUT2D eigenvalue weighted by molar-refractivity contribution is 6.00. The van der Waals surface area contributed by atoms with Gasteiger partial charge in [-0.15, -0.1) is 0 Å². The van der Waals surface area contributed by atoms with Crippen molar-refractivity contribution in [2.24, 2.45) is 5.41 Å². The number of non-ortho nitro benzene ring substituents is 1. The minimum absolute atomic E-state index is 0.217. The monoisotopic (exact) mass is 239 g/mol. The summed E-state index contributed by atoms with van der Waals surface area (Å²) >= 11 is 0. The van der Waals surface area contributed by atoms with Crippen molar-refractivity contribution < 1.29 is 14.1 Å². The molecule has 0 heterocycles. The fourth-order valence-electron chi connectivity index (χ4n) is 1.33. The number of ketones is 1. The molecule has 5 heteroatoms. The van der Waals surface area contributed by atoms with Crippen LogP contribution in [-0.2, 0) is 0 Å². The molecule has 0 saturated carbocycles. The Morgan fingerprint density at radius 3 is 2.53 bits per heavy atom. The van der Waals surface area contributed by atoms with Gasteiger partial charge in [0, 0.05) is 17.5 Å². The first-order valence-electron chi connectivity index (χ1n) is 5.28. The average Bonchev–Trinajstić information content (AvgIpc) is 2.28. The zero-order valence-corrected chi connectivity index (χ0v) is 9.99. The first kappa shape index (κ1) is 13.3. The quantitative estimate of drug-likeness (QED) is 0.460. The summed E-state index contributed by atoms with van der Waals surface area (Å²) in [6.07, 6.45) is 0.536. The van der Waals surface area contributed by atoms with Crippen LogP contribution in [0, 0.1) is 21.3 Å². The van der Waals surface area contributed by atoms with Crippen LogP contribution in [0.3, 0.4) is 0 Å². The Kier molecular flexibility index (Phi) is 3.60. The van der Waals surface area contributed by atoms with Gasteiger partial charge in [0.05, 0.1) is 10.5 Å². The van der Waals surface area contributed by atoms with Crippen LogP contribution in [0.15, 0.2) is 18.2 Å². The van der Waals surface area contributed by atoms with E-state index in [-0.39, 0.29) is 11.3 Å². The van der Waals surface area contributed by atoms with Gasteiger partial charge in [-0.05, 0) is 12.5 Å². The summed E-state index contributed by atoms with van der Waals surface area (Å²) in [6, 6.07) is 3.00. The summed E-state index contributed by atoms with van der Waals surface area (Å²) < 4.78 is 13.5. The number of hydrogen-bond donors (Lipinski definition) is 0. The molecule has 0 aliphatic heterocycles. The third-order valence-corrected chi connectivity index (χ3v) is 2.90. The maximum atomic E-state index is 13.5. The molecule has 0 bridgehead atoms. The molecule has 0 unspecified atom stereocenters. The van der Waals surface area contributed by atoms with E-state index in [4.69, 9.17) is 0 Å². The molecule has 0 fully saturated rings. The second kappa shape index (κ2) is 4.61. The summed E-state index contributed by atoms with van der Waals surface area (Å²) in [5, 5.41) is 10.6. The molecular formula is C12H14FNO3. The zero-order chi connectivity index (χ0) is 13.2. The lowest BCUT2D eigenvalue weighted by molar-refractivity contribution is -0.384. The Bertz CT molecular complexity index is 469. The van der Waals surface area contributed by atoms with E-state index >= 15 is 0 Å². The molecule has 0 aliphatic carbocycles. The van der Waals surface area contributed by atoms with Crippen molar-refractivity contribution in [1.82, 2.24) is 0 Å². The van der Waals surface area contributed by atoms with Crippen molar-refractivity contribution in [3.8, 4) is 0 Å². The molecule has 1 aromatic rings. The van der Waals surface area contributed by atoms with Crippen LogP contribution in [-0.4, -0.2) is 10.7 Å². The van der Waals surface area contributed by atoms with Gasteiger partial charge >= 0.3 is 0 Å². The molecule has 17 heavy (non-hydrogen) atoms. The number of Topliss-reactive ketones (excluding diaryl/α,β-unsaturated/α-hetero) is 1. The first-order chi connectivity index (χ1) is 7.79. The molecule has 0 atom stereocenters. The lowest BCUT2D eigenvalue weighted by Gasteiger charge is -2.20. The number of halogens is 1. The van der Waals surface area contributed by atoms with Crippen molar-refractivity contribution in [3.63, 3.8) is 0 Å². The summed E-state index contributed by atoms with van der Waals surface area (Å²) in [5.41, 5.74) is -1.22. The number of benzene rings is 1. The standard InChI is InChI=1S/C12H14FNO3/c1-4-12(2,3)11(15)9-7-8(14(16)17)5-6-10(9)13/h5-7H,4H2,1-3H3. The van der Waals surface area contributed by atoms with E-state index in [9.17, 15) is 19.3 Å². The van der Waals surface area contributed by atoms with E-state index in [0.717, 1.165) is 18.2 Å². The van der Waals surface area contributed by atoms with E-state index in [1.807, 2.05) is 6.92 Å². The second-order valence-corrected chi connectivity index (χ2v) is 4.49. The molecule has 0 aliphatic rings. The molecule has 0 aromatic heterocycles. The van der Waals surface area contributed by atoms with Gasteiger partial charge in [-0.2, -0.15) is 0 Å². The number of carbonyl (C=O) groups excluding carboxylic acids is 1. The molecule has 1 aromatic carbocycles. The van der Waals surface area contributed by atoms with E-state index in [1.54, 1.807) is 13.8 Å². The van der Waals surface area contributed by atoms with Gasteiger partial charge in [-0.1, -0.05) is 20.8 Å². The van der Waals surface area contributed by atoms with Crippen molar-refractivity contribution >= 4 is 11.5 Å². The van der Waals surface area contributed by atoms with Crippen LogP contribution < -0.4 is 0 Å². The molecule has 0 N–H and O–H groups in total. The average molecular weight is 239 g/mol. The van der Waals surface area contributed by atoms with Crippen LogP contribution in [0.1, 0.15) is 37.6 Å². The molecule has 0 spiro atoms. The maximum Gasteiger partial charge on any atom is 0.270 e. The minimum atomic E-state index is -0.726. The van der Waals surface area contributed by atoms with Gasteiger partial charge < -0.3 is 0 Å². The number of hydrogen-bond acceptors (Lipinski definition) is 3. The van der Waals surface area contributed by atoms with Crippen LogP contribution in [0.2, 0.25) is 0 Å². The Morgan fingerprint density at radius 1 is 1.47 bits per heavy atom. The van der Waals surface area contributed by atoms with Crippen LogP contribution >= 0.6 is 0 Å². The lowest BCUT2D eigenvalue weighted by Crippen LogP contribution is -2.24. The maximum absolute atomic E-state index is 13.5. The highest BCUT2D eigenvalue weighted by atomic mass is 19.1. The zero-order valence-electron chi connectivity index (χ0n) is 9.99. The normalized spacial score (nSPS) is 11.3.